The molecule has 0 saturated carbocycles. The second-order valence-corrected chi connectivity index (χ2v) is 7.21. The highest BCUT2D eigenvalue weighted by atomic mass is 35.5. The van der Waals surface area contributed by atoms with E-state index in [1.165, 1.54) is 31.4 Å². The van der Waals surface area contributed by atoms with E-state index in [0.717, 1.165) is 0 Å². The van der Waals surface area contributed by atoms with Gasteiger partial charge in [-0.05, 0) is 35.9 Å². The summed E-state index contributed by atoms with van der Waals surface area (Å²) in [5.74, 6) is -0.0692. The van der Waals surface area contributed by atoms with Crippen LogP contribution >= 0.6 is 23.2 Å². The van der Waals surface area contributed by atoms with E-state index < -0.39 is 9.84 Å². The molecular weight excluding hydrogens is 333 g/mol. The Morgan fingerprint density at radius 3 is 2.52 bits per heavy atom. The molecular formula is C14H13Cl2NO3S. The average molecular weight is 346 g/mol. The Morgan fingerprint density at radius 2 is 1.86 bits per heavy atom. The Morgan fingerprint density at radius 1 is 1.14 bits per heavy atom. The van der Waals surface area contributed by atoms with Crippen LogP contribution in [0.5, 0.6) is 5.75 Å². The van der Waals surface area contributed by atoms with Gasteiger partial charge >= 0.3 is 0 Å². The van der Waals surface area contributed by atoms with Gasteiger partial charge in [0.05, 0.1) is 12.9 Å². The van der Waals surface area contributed by atoms with Crippen LogP contribution in [0.4, 0.5) is 5.69 Å². The lowest BCUT2D eigenvalue weighted by atomic mass is 10.2. The molecule has 0 heterocycles. The van der Waals surface area contributed by atoms with Gasteiger partial charge in [0.25, 0.3) is 0 Å². The van der Waals surface area contributed by atoms with Crippen LogP contribution in [0, 0.1) is 0 Å². The van der Waals surface area contributed by atoms with E-state index in [4.69, 9.17) is 33.7 Å². The first-order valence-electron chi connectivity index (χ1n) is 5.93. The van der Waals surface area contributed by atoms with Crippen LogP contribution < -0.4 is 10.5 Å². The smallest absolute Gasteiger partial charge is 0.186 e. The quantitative estimate of drug-likeness (QED) is 0.860. The minimum Gasteiger partial charge on any atom is -0.495 e. The summed E-state index contributed by atoms with van der Waals surface area (Å²) in [6, 6.07) is 9.09. The molecule has 4 nitrogen and oxygen atoms in total. The Labute approximate surface area is 133 Å². The molecule has 0 saturated heterocycles. The zero-order valence-corrected chi connectivity index (χ0v) is 13.5. The van der Waals surface area contributed by atoms with Crippen LogP contribution in [-0.2, 0) is 15.6 Å². The second kappa shape index (κ2) is 6.13. The lowest BCUT2D eigenvalue weighted by Crippen LogP contribution is -2.07. The summed E-state index contributed by atoms with van der Waals surface area (Å²) in [6.07, 6.45) is 0. The first-order valence-corrected chi connectivity index (χ1v) is 8.34. The fourth-order valence-electron chi connectivity index (χ4n) is 1.88. The van der Waals surface area contributed by atoms with Gasteiger partial charge in [-0.15, -0.1) is 0 Å². The molecule has 0 aromatic heterocycles. The summed E-state index contributed by atoms with van der Waals surface area (Å²) in [6.45, 7) is 0. The minimum absolute atomic E-state index is 0.0650. The first-order chi connectivity index (χ1) is 9.83. The van der Waals surface area contributed by atoms with Crippen LogP contribution in [-0.4, -0.2) is 15.5 Å². The number of nitrogens with two attached hydrogens (primary N) is 1. The van der Waals surface area contributed by atoms with E-state index in [2.05, 4.69) is 0 Å². The number of hydrogen-bond acceptors (Lipinski definition) is 4. The highest BCUT2D eigenvalue weighted by molar-refractivity contribution is 7.90. The van der Waals surface area contributed by atoms with Gasteiger partial charge in [-0.25, -0.2) is 8.42 Å². The van der Waals surface area contributed by atoms with Crippen LogP contribution in [0.15, 0.2) is 41.3 Å². The van der Waals surface area contributed by atoms with Crippen molar-refractivity contribution in [1.82, 2.24) is 0 Å². The van der Waals surface area contributed by atoms with Gasteiger partial charge in [0.2, 0.25) is 0 Å². The van der Waals surface area contributed by atoms with Crippen molar-refractivity contribution in [3.8, 4) is 5.75 Å². The van der Waals surface area contributed by atoms with Crippen LogP contribution in [0.3, 0.4) is 0 Å². The van der Waals surface area contributed by atoms with Crippen LogP contribution in [0.25, 0.3) is 0 Å². The standard InChI is InChI=1S/C14H13Cl2NO3S/c1-20-13-7-11(17)3-5-14(13)21(18,19)8-9-6-10(15)2-4-12(9)16/h2-7H,8,17H2,1H3. The molecule has 0 spiro atoms. The molecule has 0 bridgehead atoms. The van der Waals surface area contributed by atoms with Gasteiger partial charge in [0.1, 0.15) is 10.6 Å². The Kier molecular flexibility index (Phi) is 4.66. The Hall–Kier alpha value is -1.43. The molecule has 0 amide bonds. The molecule has 0 radical (unpaired) electrons. The van der Waals surface area contributed by atoms with Crippen molar-refractivity contribution >= 4 is 38.7 Å². The van der Waals surface area contributed by atoms with Crippen molar-refractivity contribution in [3.63, 3.8) is 0 Å². The molecule has 7 heteroatoms. The zero-order chi connectivity index (χ0) is 15.6. The van der Waals surface area contributed by atoms with Gasteiger partial charge in [-0.3, -0.25) is 0 Å². The monoisotopic (exact) mass is 345 g/mol. The number of hydrogen-bond donors (Lipinski definition) is 1. The van der Waals surface area contributed by atoms with Crippen molar-refractivity contribution in [3.05, 3.63) is 52.0 Å². The molecule has 0 aliphatic carbocycles. The van der Waals surface area contributed by atoms with Crippen molar-refractivity contribution in [2.24, 2.45) is 0 Å². The second-order valence-electron chi connectivity index (χ2n) is 4.41. The van der Waals surface area contributed by atoms with Gasteiger partial charge in [0.15, 0.2) is 9.84 Å². The topological polar surface area (TPSA) is 69.4 Å². The molecule has 0 unspecified atom stereocenters. The SMILES string of the molecule is COc1cc(N)ccc1S(=O)(=O)Cc1cc(Cl)ccc1Cl. The van der Waals surface area contributed by atoms with E-state index in [-0.39, 0.29) is 16.4 Å². The number of halogens is 2. The van der Waals surface area contributed by atoms with Gasteiger partial charge in [-0.1, -0.05) is 23.2 Å². The van der Waals surface area contributed by atoms with Crippen molar-refractivity contribution in [2.45, 2.75) is 10.6 Å². The largest absolute Gasteiger partial charge is 0.495 e. The third kappa shape index (κ3) is 3.61. The number of nitrogen functional groups attached to an aromatic ring is 1. The molecule has 0 fully saturated rings. The van der Waals surface area contributed by atoms with Gasteiger partial charge in [0, 0.05) is 21.8 Å². The van der Waals surface area contributed by atoms with E-state index in [1.54, 1.807) is 12.1 Å². The lowest BCUT2D eigenvalue weighted by molar-refractivity contribution is 0.403. The van der Waals surface area contributed by atoms with Crippen molar-refractivity contribution in [1.29, 1.82) is 0 Å². The van der Waals surface area contributed by atoms with E-state index >= 15 is 0 Å². The number of anilines is 1. The predicted molar refractivity (Wildman–Crippen MR) is 84.8 cm³/mol. The van der Waals surface area contributed by atoms with Crippen molar-refractivity contribution < 1.29 is 13.2 Å². The Bertz CT molecular complexity index is 776. The maximum Gasteiger partial charge on any atom is 0.186 e. The molecule has 2 aromatic rings. The summed E-state index contributed by atoms with van der Waals surface area (Å²) in [4.78, 5) is 0.0650. The van der Waals surface area contributed by atoms with Crippen LogP contribution in [0.1, 0.15) is 5.56 Å². The zero-order valence-electron chi connectivity index (χ0n) is 11.1. The van der Waals surface area contributed by atoms with E-state index in [0.29, 0.717) is 21.3 Å². The molecule has 2 rings (SSSR count). The minimum atomic E-state index is -3.64. The molecule has 2 N–H and O–H groups in total. The Balaban J connectivity index is 2.46. The number of ether oxygens (including phenoxy) is 1. The summed E-state index contributed by atoms with van der Waals surface area (Å²) in [5.41, 5.74) is 6.49. The fraction of sp³-hybridized carbons (Fsp3) is 0.143. The fourth-order valence-corrected chi connectivity index (χ4v) is 3.86. The maximum absolute atomic E-state index is 12.5. The van der Waals surface area contributed by atoms with E-state index in [9.17, 15) is 8.42 Å². The molecule has 21 heavy (non-hydrogen) atoms. The van der Waals surface area contributed by atoms with Crippen molar-refractivity contribution in [2.75, 3.05) is 12.8 Å². The van der Waals surface area contributed by atoms with E-state index in [1.807, 2.05) is 0 Å². The highest BCUT2D eigenvalue weighted by Gasteiger charge is 2.21. The molecule has 0 aliphatic rings. The van der Waals surface area contributed by atoms with Crippen LogP contribution in [0.2, 0.25) is 10.0 Å². The predicted octanol–water partition coefficient (Wildman–Crippen LogP) is 3.56. The summed E-state index contributed by atoms with van der Waals surface area (Å²) in [7, 11) is -2.25. The number of methoxy groups -OCH3 is 1. The third-order valence-corrected chi connectivity index (χ3v) is 5.18. The highest BCUT2D eigenvalue weighted by Crippen LogP contribution is 2.31. The molecule has 0 aliphatic heterocycles. The summed E-state index contributed by atoms with van der Waals surface area (Å²) >= 11 is 11.9. The lowest BCUT2D eigenvalue weighted by Gasteiger charge is -2.11. The third-order valence-electron chi connectivity index (χ3n) is 2.88. The molecule has 112 valence electrons. The summed E-state index contributed by atoms with van der Waals surface area (Å²) < 4.78 is 30.2. The summed E-state index contributed by atoms with van der Waals surface area (Å²) in [5, 5.41) is 0.770. The first kappa shape index (κ1) is 15.9. The normalized spacial score (nSPS) is 11.4. The number of benzene rings is 2. The number of sulfone groups is 1. The average Bonchev–Trinajstić information content (AvgIpc) is 2.42. The maximum atomic E-state index is 12.5. The van der Waals surface area contributed by atoms with Gasteiger partial charge < -0.3 is 10.5 Å². The molecule has 0 atom stereocenters. The molecule has 2 aromatic carbocycles. The number of rotatable bonds is 4. The van der Waals surface area contributed by atoms with Gasteiger partial charge in [-0.2, -0.15) is 0 Å².